The summed E-state index contributed by atoms with van der Waals surface area (Å²) in [5.74, 6) is 0.837. The second-order valence-corrected chi connectivity index (χ2v) is 17.0. The van der Waals surface area contributed by atoms with E-state index < -0.39 is 18.2 Å². The van der Waals surface area contributed by atoms with Crippen LogP contribution in [0.4, 0.5) is 10.5 Å². The summed E-state index contributed by atoms with van der Waals surface area (Å²) < 4.78 is 13.6. The molecule has 5 aliphatic heterocycles. The van der Waals surface area contributed by atoms with Gasteiger partial charge in [-0.05, 0) is 112 Å². The van der Waals surface area contributed by atoms with Gasteiger partial charge in [0.1, 0.15) is 17.5 Å². The Hall–Kier alpha value is -5.45. The number of methoxy groups -OCH3 is 2. The number of aliphatic hydroxyl groups is 1. The number of rotatable bonds is 10. The quantitative estimate of drug-likeness (QED) is 0.257. The van der Waals surface area contributed by atoms with Gasteiger partial charge < -0.3 is 39.2 Å². The summed E-state index contributed by atoms with van der Waals surface area (Å²) in [7, 11) is 6.72. The summed E-state index contributed by atoms with van der Waals surface area (Å²) in [6.07, 6.45) is 5.93. The van der Waals surface area contributed by atoms with Crippen molar-refractivity contribution < 1.29 is 33.8 Å². The highest BCUT2D eigenvalue weighted by molar-refractivity contribution is 6.06. The Morgan fingerprint density at radius 2 is 1.62 bits per heavy atom. The maximum Gasteiger partial charge on any atom is 0.317 e. The number of aromatic nitrogens is 1. The number of nitrogens with one attached hydrogen (secondary N) is 2. The number of urea groups is 1. The lowest BCUT2D eigenvalue weighted by Crippen LogP contribution is -2.53. The van der Waals surface area contributed by atoms with Crippen molar-refractivity contribution >= 4 is 29.4 Å². The van der Waals surface area contributed by atoms with Crippen molar-refractivity contribution in [2.75, 3.05) is 78.5 Å². The second-order valence-electron chi connectivity index (χ2n) is 17.0. The molecule has 0 spiro atoms. The highest BCUT2D eigenvalue weighted by atomic mass is 16.5. The number of carbonyl (C=O) groups is 4. The number of amides is 5. The molecule has 0 aliphatic carbocycles. The molecule has 8 rings (SSSR count). The zero-order chi connectivity index (χ0) is 42.9. The highest BCUT2D eigenvalue weighted by Gasteiger charge is 2.44. The first-order valence-corrected chi connectivity index (χ1v) is 21.6. The van der Waals surface area contributed by atoms with Crippen LogP contribution in [0, 0.1) is 5.92 Å². The van der Waals surface area contributed by atoms with E-state index in [0.29, 0.717) is 42.1 Å². The number of anilines is 1. The largest absolute Gasteiger partial charge is 0.496 e. The molecule has 61 heavy (non-hydrogen) atoms. The van der Waals surface area contributed by atoms with Gasteiger partial charge in [-0.15, -0.1) is 0 Å². The first-order valence-electron chi connectivity index (χ1n) is 21.6. The van der Waals surface area contributed by atoms with Crippen molar-refractivity contribution in [3.63, 3.8) is 0 Å². The number of imide groups is 1. The first-order chi connectivity index (χ1) is 29.5. The van der Waals surface area contributed by atoms with Gasteiger partial charge in [-0.1, -0.05) is 0 Å². The minimum atomic E-state index is -1.24. The van der Waals surface area contributed by atoms with Crippen LogP contribution in [0.2, 0.25) is 0 Å². The number of likely N-dealkylation sites (tertiary alicyclic amines) is 1. The van der Waals surface area contributed by atoms with Gasteiger partial charge in [0.2, 0.25) is 11.8 Å². The van der Waals surface area contributed by atoms with Crippen molar-refractivity contribution in [3.05, 3.63) is 74.7 Å². The van der Waals surface area contributed by atoms with Crippen LogP contribution in [0.25, 0.3) is 11.1 Å². The van der Waals surface area contributed by atoms with Gasteiger partial charge in [0.05, 0.1) is 26.3 Å². The molecular formula is C45H58N8O8. The predicted molar refractivity (Wildman–Crippen MR) is 228 cm³/mol. The Balaban J connectivity index is 0.849. The summed E-state index contributed by atoms with van der Waals surface area (Å²) in [6, 6.07) is 8.60. The second kappa shape index (κ2) is 17.9. The molecule has 3 aromatic rings. The molecule has 5 amide bonds. The predicted octanol–water partition coefficient (Wildman–Crippen LogP) is 2.83. The summed E-state index contributed by atoms with van der Waals surface area (Å²) >= 11 is 0. The van der Waals surface area contributed by atoms with Gasteiger partial charge in [0, 0.05) is 87.4 Å². The third kappa shape index (κ3) is 8.45. The van der Waals surface area contributed by atoms with Crippen molar-refractivity contribution in [2.24, 2.45) is 13.0 Å². The van der Waals surface area contributed by atoms with Crippen LogP contribution < -0.4 is 30.6 Å². The van der Waals surface area contributed by atoms with E-state index in [4.69, 9.17) is 9.47 Å². The van der Waals surface area contributed by atoms with E-state index in [9.17, 15) is 29.1 Å². The van der Waals surface area contributed by atoms with Crippen molar-refractivity contribution in [2.45, 2.75) is 70.3 Å². The van der Waals surface area contributed by atoms with E-state index >= 15 is 0 Å². The number of aliphatic hydroxyl groups excluding tert-OH is 1. The molecule has 0 radical (unpaired) electrons. The number of ether oxygens (including phenoxy) is 2. The number of fused-ring (bicyclic) bond motifs is 2. The summed E-state index contributed by atoms with van der Waals surface area (Å²) in [5.41, 5.74) is 6.21. The van der Waals surface area contributed by atoms with Crippen molar-refractivity contribution in [1.82, 2.24) is 34.8 Å². The minimum Gasteiger partial charge on any atom is -0.496 e. The van der Waals surface area contributed by atoms with Crippen molar-refractivity contribution in [1.29, 1.82) is 0 Å². The van der Waals surface area contributed by atoms with E-state index in [1.807, 2.05) is 30.5 Å². The lowest BCUT2D eigenvalue weighted by Gasteiger charge is -2.34. The number of benzene rings is 2. The van der Waals surface area contributed by atoms with Crippen LogP contribution in [0.3, 0.4) is 0 Å². The standard InChI is InChI=1S/C45H58N8O8/c1-46-45(59)52-19-13-31-34(25-48(2)42(56)35(31)27-52)29-22-38(60-3)36(39(23-29)61-4)26-50-17-11-28(12-18-50)10-16-49-14-5-15-51(21-20-49)30-6-7-32-33(24-30)44(58)53(43(32)57)37-8-9-40(54)47-41(37)55/h6-7,22-25,28,37,44,58H,5,8-21,26-27H2,1-4H3,(H,46,59)(H,47,54,55). The zero-order valence-corrected chi connectivity index (χ0v) is 35.7. The number of nitrogens with zero attached hydrogens (tertiary/aromatic N) is 6. The summed E-state index contributed by atoms with van der Waals surface area (Å²) in [4.78, 5) is 73.3. The molecule has 3 fully saturated rings. The fourth-order valence-corrected chi connectivity index (χ4v) is 9.97. The van der Waals surface area contributed by atoms with Gasteiger partial charge in [0.15, 0.2) is 6.23 Å². The minimum absolute atomic E-state index is 0.0957. The number of hydrogen-bond donors (Lipinski definition) is 3. The maximum absolute atomic E-state index is 13.3. The van der Waals surface area contributed by atoms with Gasteiger partial charge in [-0.3, -0.25) is 34.3 Å². The Labute approximate surface area is 356 Å². The number of pyridine rings is 1. The lowest BCUT2D eigenvalue weighted by atomic mass is 9.91. The van der Waals surface area contributed by atoms with E-state index in [-0.39, 0.29) is 42.8 Å². The number of piperidine rings is 2. The molecule has 2 atom stereocenters. The molecule has 326 valence electrons. The van der Waals surface area contributed by atoms with Gasteiger partial charge >= 0.3 is 6.03 Å². The molecule has 0 bridgehead atoms. The molecule has 3 saturated heterocycles. The molecule has 5 aliphatic rings. The fourth-order valence-electron chi connectivity index (χ4n) is 9.97. The van der Waals surface area contributed by atoms with Crippen LogP contribution in [-0.4, -0.2) is 133 Å². The topological polar surface area (TPSA) is 169 Å². The normalized spacial score (nSPS) is 21.5. The molecule has 3 N–H and O–H groups in total. The molecule has 2 aromatic carbocycles. The van der Waals surface area contributed by atoms with Crippen LogP contribution in [0.15, 0.2) is 41.3 Å². The number of carbonyl (C=O) groups excluding carboxylic acids is 4. The maximum atomic E-state index is 13.3. The number of hydrogen-bond acceptors (Lipinski definition) is 11. The molecular weight excluding hydrogens is 781 g/mol. The van der Waals surface area contributed by atoms with Gasteiger partial charge in [0.25, 0.3) is 11.5 Å². The van der Waals surface area contributed by atoms with Crippen molar-refractivity contribution in [3.8, 4) is 22.6 Å². The van der Waals surface area contributed by atoms with E-state index in [2.05, 4.69) is 25.3 Å². The molecule has 16 heteroatoms. The molecule has 0 saturated carbocycles. The third-order valence-corrected chi connectivity index (χ3v) is 13.5. The average molecular weight is 839 g/mol. The lowest BCUT2D eigenvalue weighted by molar-refractivity contribution is -0.139. The SMILES string of the molecule is CNC(=O)N1CCc2c(-c3cc(OC)c(CN4CCC(CCN5CCCN(c6ccc7c(c6)C(O)N(C6CCC(=O)NC6=O)C7=O)CC5)CC4)c(OC)c3)cn(C)c(=O)c2C1. The highest BCUT2D eigenvalue weighted by Crippen LogP contribution is 2.40. The van der Waals surface area contributed by atoms with E-state index in [1.54, 1.807) is 43.8 Å². The number of aryl methyl sites for hydroxylation is 1. The van der Waals surface area contributed by atoms with Gasteiger partial charge in [-0.2, -0.15) is 0 Å². The Morgan fingerprint density at radius 3 is 2.33 bits per heavy atom. The third-order valence-electron chi connectivity index (χ3n) is 13.5. The van der Waals surface area contributed by atoms with Crippen LogP contribution in [0.1, 0.15) is 77.4 Å². The molecule has 1 aromatic heterocycles. The molecule has 16 nitrogen and oxygen atoms in total. The molecule has 2 unspecified atom stereocenters. The van der Waals surface area contributed by atoms with Gasteiger partial charge in [-0.25, -0.2) is 4.79 Å². The van der Waals surface area contributed by atoms with E-state index in [1.165, 1.54) is 4.90 Å². The zero-order valence-electron chi connectivity index (χ0n) is 35.7. The Bertz CT molecular complexity index is 2230. The summed E-state index contributed by atoms with van der Waals surface area (Å²) in [6.45, 7) is 8.13. The Kier molecular flexibility index (Phi) is 12.4. The molecule has 6 heterocycles. The van der Waals surface area contributed by atoms with Crippen LogP contribution >= 0.6 is 0 Å². The van der Waals surface area contributed by atoms with Crippen LogP contribution in [-0.2, 0) is 36.1 Å². The smallest absolute Gasteiger partial charge is 0.317 e. The van der Waals surface area contributed by atoms with E-state index in [0.717, 1.165) is 111 Å². The Morgan fingerprint density at radius 1 is 0.869 bits per heavy atom. The monoisotopic (exact) mass is 838 g/mol. The average Bonchev–Trinajstić information content (AvgIpc) is 3.39. The summed E-state index contributed by atoms with van der Waals surface area (Å²) in [5, 5.41) is 16.2. The first kappa shape index (κ1) is 42.2. The fraction of sp³-hybridized carbons (Fsp3) is 0.533. The van der Waals surface area contributed by atoms with Crippen LogP contribution in [0.5, 0.6) is 11.5 Å².